The van der Waals surface area contributed by atoms with Gasteiger partial charge in [0.1, 0.15) is 5.82 Å². The van der Waals surface area contributed by atoms with Crippen molar-refractivity contribution in [2.24, 2.45) is 0 Å². The maximum atomic E-state index is 13.0. The van der Waals surface area contributed by atoms with Crippen molar-refractivity contribution in [1.82, 2.24) is 5.32 Å². The molecule has 0 aliphatic heterocycles. The summed E-state index contributed by atoms with van der Waals surface area (Å²) in [7, 11) is 0. The topological polar surface area (TPSA) is 12.0 Å². The molecule has 0 saturated carbocycles. The lowest BCUT2D eigenvalue weighted by Gasteiger charge is -2.13. The third-order valence-corrected chi connectivity index (χ3v) is 3.54. The first-order chi connectivity index (χ1) is 9.22. The summed E-state index contributed by atoms with van der Waals surface area (Å²) >= 11 is 0. The van der Waals surface area contributed by atoms with Gasteiger partial charge in [-0.2, -0.15) is 0 Å². The van der Waals surface area contributed by atoms with E-state index in [2.05, 4.69) is 19.2 Å². The number of hydrogen-bond donors (Lipinski definition) is 1. The predicted molar refractivity (Wildman–Crippen MR) is 80.9 cm³/mol. The van der Waals surface area contributed by atoms with Crippen molar-refractivity contribution in [3.8, 4) is 0 Å². The van der Waals surface area contributed by atoms with Crippen molar-refractivity contribution >= 4 is 0 Å². The molecule has 0 aliphatic rings. The van der Waals surface area contributed by atoms with Gasteiger partial charge in [-0.1, -0.05) is 51.2 Å². The van der Waals surface area contributed by atoms with E-state index in [1.54, 1.807) is 12.1 Å². The molecule has 108 valence electrons. The average molecular weight is 265 g/mol. The Kier molecular flexibility index (Phi) is 8.48. The highest BCUT2D eigenvalue weighted by molar-refractivity contribution is 5.16. The normalized spacial score (nSPS) is 12.6. The first kappa shape index (κ1) is 16.2. The largest absolute Gasteiger partial charge is 0.314 e. The Morgan fingerprint density at radius 1 is 1.16 bits per heavy atom. The highest BCUT2D eigenvalue weighted by Gasteiger charge is 2.01. The van der Waals surface area contributed by atoms with Gasteiger partial charge in [0.15, 0.2) is 0 Å². The fraction of sp³-hybridized carbons (Fsp3) is 0.647. The van der Waals surface area contributed by atoms with E-state index in [1.165, 1.54) is 44.6 Å². The molecule has 2 heteroatoms. The fourth-order valence-electron chi connectivity index (χ4n) is 2.31. The third-order valence-electron chi connectivity index (χ3n) is 3.54. The summed E-state index contributed by atoms with van der Waals surface area (Å²) in [6.07, 6.45) is 8.85. The van der Waals surface area contributed by atoms with Crippen LogP contribution in [0.15, 0.2) is 24.3 Å². The van der Waals surface area contributed by atoms with E-state index in [9.17, 15) is 4.39 Å². The molecule has 1 aromatic rings. The van der Waals surface area contributed by atoms with Crippen LogP contribution in [-0.4, -0.2) is 12.6 Å². The molecule has 0 spiro atoms. The van der Waals surface area contributed by atoms with Crippen LogP contribution in [0.2, 0.25) is 0 Å². The molecule has 19 heavy (non-hydrogen) atoms. The second-order valence-electron chi connectivity index (χ2n) is 5.44. The molecule has 0 heterocycles. The maximum absolute atomic E-state index is 13.0. The Hall–Kier alpha value is -0.890. The molecule has 1 rings (SSSR count). The Balaban J connectivity index is 2.05. The van der Waals surface area contributed by atoms with Gasteiger partial charge in [0.2, 0.25) is 0 Å². The van der Waals surface area contributed by atoms with Crippen molar-refractivity contribution < 1.29 is 4.39 Å². The van der Waals surface area contributed by atoms with Gasteiger partial charge >= 0.3 is 0 Å². The summed E-state index contributed by atoms with van der Waals surface area (Å²) in [6, 6.07) is 7.45. The zero-order valence-corrected chi connectivity index (χ0v) is 12.4. The molecule has 0 radical (unpaired) electrons. The molecular weight excluding hydrogens is 237 g/mol. The smallest absolute Gasteiger partial charge is 0.123 e. The van der Waals surface area contributed by atoms with Crippen LogP contribution >= 0.6 is 0 Å². The molecule has 0 aliphatic carbocycles. The van der Waals surface area contributed by atoms with E-state index >= 15 is 0 Å². The SMILES string of the molecule is CCCCCCCC(C)NCCc1cccc(F)c1. The highest BCUT2D eigenvalue weighted by Crippen LogP contribution is 2.07. The summed E-state index contributed by atoms with van der Waals surface area (Å²) < 4.78 is 13.0. The molecular formula is C17H28FN. The first-order valence-electron chi connectivity index (χ1n) is 7.70. The second kappa shape index (κ2) is 9.96. The second-order valence-corrected chi connectivity index (χ2v) is 5.44. The van der Waals surface area contributed by atoms with Gasteiger partial charge in [-0.05, 0) is 44.0 Å². The van der Waals surface area contributed by atoms with E-state index in [0.717, 1.165) is 18.5 Å². The standard InChI is InChI=1S/C17H28FN/c1-3-4-5-6-7-9-15(2)19-13-12-16-10-8-11-17(18)14-16/h8,10-11,14-15,19H,3-7,9,12-13H2,1-2H3. The maximum Gasteiger partial charge on any atom is 0.123 e. The molecule has 1 unspecified atom stereocenters. The number of halogens is 1. The van der Waals surface area contributed by atoms with Gasteiger partial charge in [-0.3, -0.25) is 0 Å². The highest BCUT2D eigenvalue weighted by atomic mass is 19.1. The third kappa shape index (κ3) is 7.99. The monoisotopic (exact) mass is 265 g/mol. The number of unbranched alkanes of at least 4 members (excludes halogenated alkanes) is 4. The van der Waals surface area contributed by atoms with Crippen LogP contribution in [0.1, 0.15) is 57.9 Å². The Morgan fingerprint density at radius 3 is 2.68 bits per heavy atom. The van der Waals surface area contributed by atoms with E-state index in [0.29, 0.717) is 6.04 Å². The number of rotatable bonds is 10. The molecule has 0 amide bonds. The van der Waals surface area contributed by atoms with Crippen molar-refractivity contribution in [2.45, 2.75) is 64.8 Å². The Labute approximate surface area is 117 Å². The molecule has 1 atom stereocenters. The lowest BCUT2D eigenvalue weighted by molar-refractivity contribution is 0.483. The number of nitrogens with one attached hydrogen (secondary N) is 1. The lowest BCUT2D eigenvalue weighted by atomic mass is 10.1. The Bertz CT molecular complexity index is 338. The van der Waals surface area contributed by atoms with Crippen molar-refractivity contribution in [1.29, 1.82) is 0 Å². The first-order valence-corrected chi connectivity index (χ1v) is 7.70. The van der Waals surface area contributed by atoms with E-state index in [1.807, 2.05) is 6.07 Å². The molecule has 1 aromatic carbocycles. The van der Waals surface area contributed by atoms with Crippen LogP contribution < -0.4 is 5.32 Å². The van der Waals surface area contributed by atoms with Crippen LogP contribution in [-0.2, 0) is 6.42 Å². The van der Waals surface area contributed by atoms with Crippen LogP contribution in [0.5, 0.6) is 0 Å². The van der Waals surface area contributed by atoms with Crippen molar-refractivity contribution in [3.63, 3.8) is 0 Å². The molecule has 0 bridgehead atoms. The van der Waals surface area contributed by atoms with Gasteiger partial charge in [0.05, 0.1) is 0 Å². The minimum Gasteiger partial charge on any atom is -0.314 e. The van der Waals surface area contributed by atoms with E-state index < -0.39 is 0 Å². The minimum absolute atomic E-state index is 0.138. The average Bonchev–Trinajstić information content (AvgIpc) is 2.38. The molecule has 1 nitrogen and oxygen atoms in total. The van der Waals surface area contributed by atoms with Crippen LogP contribution in [0, 0.1) is 5.82 Å². The van der Waals surface area contributed by atoms with Gasteiger partial charge < -0.3 is 5.32 Å². The van der Waals surface area contributed by atoms with Crippen molar-refractivity contribution in [2.75, 3.05) is 6.54 Å². The lowest BCUT2D eigenvalue weighted by Crippen LogP contribution is -2.28. The summed E-state index contributed by atoms with van der Waals surface area (Å²) in [5.41, 5.74) is 1.07. The number of benzene rings is 1. The molecule has 0 aromatic heterocycles. The number of hydrogen-bond acceptors (Lipinski definition) is 1. The van der Waals surface area contributed by atoms with E-state index in [-0.39, 0.29) is 5.82 Å². The summed E-state index contributed by atoms with van der Waals surface area (Å²) in [6.45, 7) is 5.42. The fourth-order valence-corrected chi connectivity index (χ4v) is 2.31. The predicted octanol–water partition coefficient (Wildman–Crippen LogP) is 4.71. The van der Waals surface area contributed by atoms with Crippen LogP contribution in [0.25, 0.3) is 0 Å². The van der Waals surface area contributed by atoms with E-state index in [4.69, 9.17) is 0 Å². The molecule has 0 fully saturated rings. The van der Waals surface area contributed by atoms with Gasteiger partial charge in [-0.25, -0.2) is 4.39 Å². The summed E-state index contributed by atoms with van der Waals surface area (Å²) in [4.78, 5) is 0. The van der Waals surface area contributed by atoms with Gasteiger partial charge in [0.25, 0.3) is 0 Å². The quantitative estimate of drug-likeness (QED) is 0.604. The molecule has 0 saturated heterocycles. The van der Waals surface area contributed by atoms with Gasteiger partial charge in [-0.15, -0.1) is 0 Å². The van der Waals surface area contributed by atoms with Crippen LogP contribution in [0.3, 0.4) is 0 Å². The Morgan fingerprint density at radius 2 is 1.95 bits per heavy atom. The minimum atomic E-state index is -0.138. The zero-order chi connectivity index (χ0) is 13.9. The molecule has 1 N–H and O–H groups in total. The summed E-state index contributed by atoms with van der Waals surface area (Å²) in [5.74, 6) is -0.138. The van der Waals surface area contributed by atoms with Gasteiger partial charge in [0, 0.05) is 6.04 Å². The zero-order valence-electron chi connectivity index (χ0n) is 12.4. The van der Waals surface area contributed by atoms with Crippen molar-refractivity contribution in [3.05, 3.63) is 35.6 Å². The summed E-state index contributed by atoms with van der Waals surface area (Å²) in [5, 5.41) is 3.52. The van der Waals surface area contributed by atoms with Crippen LogP contribution in [0.4, 0.5) is 4.39 Å².